The predicted octanol–water partition coefficient (Wildman–Crippen LogP) is 3.63. The van der Waals surface area contributed by atoms with Gasteiger partial charge >= 0.3 is 5.91 Å². The average molecular weight is 309 g/mol. The van der Waals surface area contributed by atoms with Crippen molar-refractivity contribution in [2.45, 2.75) is 27.3 Å². The molecule has 1 N–H and O–H groups in total. The van der Waals surface area contributed by atoms with Crippen molar-refractivity contribution in [1.29, 1.82) is 0 Å². The number of hydrogen-bond acceptors (Lipinski definition) is 3. The van der Waals surface area contributed by atoms with E-state index in [1.54, 1.807) is 12.3 Å². The van der Waals surface area contributed by atoms with E-state index in [-0.39, 0.29) is 11.7 Å². The molecule has 3 aromatic rings. The molecule has 1 aromatic carbocycles. The Labute approximate surface area is 134 Å². The van der Waals surface area contributed by atoms with Crippen LogP contribution >= 0.6 is 0 Å². The smallest absolute Gasteiger partial charge is 0.307 e. The van der Waals surface area contributed by atoms with E-state index in [0.717, 1.165) is 23.2 Å². The van der Waals surface area contributed by atoms with Crippen LogP contribution in [0, 0.1) is 13.8 Å². The molecule has 0 saturated carbocycles. The number of hydrazone groups is 1. The lowest BCUT2D eigenvalue weighted by Crippen LogP contribution is -2.16. The largest absolute Gasteiger partial charge is 0.451 e. The first kappa shape index (κ1) is 15.1. The minimum atomic E-state index is -0.359. The van der Waals surface area contributed by atoms with Gasteiger partial charge in [-0.3, -0.25) is 4.79 Å². The summed E-state index contributed by atoms with van der Waals surface area (Å²) in [6.45, 7) is 7.11. The standard InChI is InChI=1S/C18H19N3O2/c1-4-21-12(2)9-15(13(21)3)11-19-20-18(22)17-10-14-7-5-6-8-16(14)23-17/h5-11H,4H2,1-3H3,(H,20,22)/b19-11+. The second kappa shape index (κ2) is 6.12. The van der Waals surface area contributed by atoms with Crippen LogP contribution < -0.4 is 5.43 Å². The number of nitrogens with one attached hydrogen (secondary N) is 1. The van der Waals surface area contributed by atoms with Gasteiger partial charge in [-0.25, -0.2) is 5.43 Å². The van der Waals surface area contributed by atoms with E-state index in [9.17, 15) is 4.79 Å². The lowest BCUT2D eigenvalue weighted by molar-refractivity contribution is 0.0929. The second-order valence-electron chi connectivity index (χ2n) is 5.42. The zero-order valence-corrected chi connectivity index (χ0v) is 13.5. The summed E-state index contributed by atoms with van der Waals surface area (Å²) in [6, 6.07) is 11.3. The number of aryl methyl sites for hydroxylation is 1. The van der Waals surface area contributed by atoms with Crippen LogP contribution in [-0.4, -0.2) is 16.7 Å². The number of rotatable bonds is 4. The highest BCUT2D eigenvalue weighted by Crippen LogP contribution is 2.18. The molecule has 0 atom stereocenters. The number of carbonyl (C=O) groups is 1. The summed E-state index contributed by atoms with van der Waals surface area (Å²) in [5.74, 6) is -0.107. The normalized spacial score (nSPS) is 11.4. The van der Waals surface area contributed by atoms with Crippen molar-refractivity contribution in [3.63, 3.8) is 0 Å². The molecule has 2 heterocycles. The molecule has 0 spiro atoms. The van der Waals surface area contributed by atoms with Crippen molar-refractivity contribution in [3.05, 3.63) is 59.1 Å². The van der Waals surface area contributed by atoms with E-state index < -0.39 is 0 Å². The van der Waals surface area contributed by atoms with Crippen LogP contribution in [-0.2, 0) is 6.54 Å². The molecule has 5 heteroatoms. The van der Waals surface area contributed by atoms with Crippen LogP contribution in [0.4, 0.5) is 0 Å². The molecule has 0 unspecified atom stereocenters. The molecule has 0 radical (unpaired) electrons. The fourth-order valence-corrected chi connectivity index (χ4v) is 2.75. The van der Waals surface area contributed by atoms with Gasteiger partial charge in [-0.1, -0.05) is 18.2 Å². The van der Waals surface area contributed by atoms with Crippen molar-refractivity contribution in [3.8, 4) is 0 Å². The van der Waals surface area contributed by atoms with Gasteiger partial charge in [0.05, 0.1) is 6.21 Å². The number of nitrogens with zero attached hydrogens (tertiary/aromatic N) is 2. The van der Waals surface area contributed by atoms with Crippen molar-refractivity contribution < 1.29 is 9.21 Å². The highest BCUT2D eigenvalue weighted by molar-refractivity contribution is 5.96. The molecule has 0 bridgehead atoms. The maximum atomic E-state index is 12.1. The first-order chi connectivity index (χ1) is 11.1. The molecule has 0 fully saturated rings. The van der Waals surface area contributed by atoms with Gasteiger partial charge in [0.2, 0.25) is 0 Å². The van der Waals surface area contributed by atoms with Gasteiger partial charge in [0.15, 0.2) is 5.76 Å². The van der Waals surface area contributed by atoms with Gasteiger partial charge in [0.25, 0.3) is 0 Å². The molecule has 1 amide bonds. The number of carbonyl (C=O) groups excluding carboxylic acids is 1. The van der Waals surface area contributed by atoms with E-state index in [1.165, 1.54) is 5.69 Å². The average Bonchev–Trinajstić information content (AvgIpc) is 3.08. The third-order valence-corrected chi connectivity index (χ3v) is 3.95. The quantitative estimate of drug-likeness (QED) is 0.591. The number of amides is 1. The molecule has 2 aromatic heterocycles. The van der Waals surface area contributed by atoms with E-state index in [1.807, 2.05) is 31.2 Å². The number of hydrogen-bond donors (Lipinski definition) is 1. The van der Waals surface area contributed by atoms with Gasteiger partial charge in [0.1, 0.15) is 5.58 Å². The second-order valence-corrected chi connectivity index (χ2v) is 5.42. The SMILES string of the molecule is CCn1c(C)cc(/C=N/NC(=O)c2cc3ccccc3o2)c1C. The van der Waals surface area contributed by atoms with Gasteiger partial charge in [-0.15, -0.1) is 0 Å². The van der Waals surface area contributed by atoms with Gasteiger partial charge in [0, 0.05) is 28.9 Å². The molecule has 0 aliphatic carbocycles. The Morgan fingerprint density at radius 3 is 2.78 bits per heavy atom. The summed E-state index contributed by atoms with van der Waals surface area (Å²) < 4.78 is 7.70. The molecule has 0 saturated heterocycles. The summed E-state index contributed by atoms with van der Waals surface area (Å²) in [5, 5.41) is 4.94. The summed E-state index contributed by atoms with van der Waals surface area (Å²) in [5.41, 5.74) is 6.50. The predicted molar refractivity (Wildman–Crippen MR) is 90.9 cm³/mol. The Balaban J connectivity index is 1.73. The Kier molecular flexibility index (Phi) is 4.02. The first-order valence-electron chi connectivity index (χ1n) is 7.59. The molecular weight excluding hydrogens is 290 g/mol. The third kappa shape index (κ3) is 2.90. The third-order valence-electron chi connectivity index (χ3n) is 3.95. The summed E-state index contributed by atoms with van der Waals surface area (Å²) in [7, 11) is 0. The minimum Gasteiger partial charge on any atom is -0.451 e. The van der Waals surface area contributed by atoms with Gasteiger partial charge in [-0.2, -0.15) is 5.10 Å². The lowest BCUT2D eigenvalue weighted by Gasteiger charge is -2.04. The van der Waals surface area contributed by atoms with Gasteiger partial charge in [-0.05, 0) is 39.0 Å². The Morgan fingerprint density at radius 1 is 1.30 bits per heavy atom. The first-order valence-corrected chi connectivity index (χ1v) is 7.59. The topological polar surface area (TPSA) is 59.5 Å². The molecular formula is C18H19N3O2. The highest BCUT2D eigenvalue weighted by atomic mass is 16.3. The van der Waals surface area contributed by atoms with Crippen molar-refractivity contribution in [2.24, 2.45) is 5.10 Å². The summed E-state index contributed by atoms with van der Waals surface area (Å²) in [4.78, 5) is 12.1. The van der Waals surface area contributed by atoms with Crippen LogP contribution in [0.3, 0.4) is 0 Å². The zero-order valence-electron chi connectivity index (χ0n) is 13.5. The van der Waals surface area contributed by atoms with Crippen molar-refractivity contribution in [1.82, 2.24) is 9.99 Å². The zero-order chi connectivity index (χ0) is 16.4. The maximum Gasteiger partial charge on any atom is 0.307 e. The fourth-order valence-electron chi connectivity index (χ4n) is 2.75. The van der Waals surface area contributed by atoms with E-state index in [2.05, 4.69) is 35.0 Å². The number of para-hydroxylation sites is 1. The van der Waals surface area contributed by atoms with E-state index >= 15 is 0 Å². The van der Waals surface area contributed by atoms with Crippen LogP contribution in [0.1, 0.15) is 34.4 Å². The van der Waals surface area contributed by atoms with Crippen LogP contribution in [0.2, 0.25) is 0 Å². The highest BCUT2D eigenvalue weighted by Gasteiger charge is 2.11. The Hall–Kier alpha value is -2.82. The maximum absolute atomic E-state index is 12.1. The molecule has 23 heavy (non-hydrogen) atoms. The molecule has 5 nitrogen and oxygen atoms in total. The summed E-state index contributed by atoms with van der Waals surface area (Å²) in [6.07, 6.45) is 1.66. The molecule has 118 valence electrons. The number of aromatic nitrogens is 1. The minimum absolute atomic E-state index is 0.252. The number of furan rings is 1. The lowest BCUT2D eigenvalue weighted by atomic mass is 10.2. The Bertz CT molecular complexity index is 854. The van der Waals surface area contributed by atoms with Crippen LogP contribution in [0.5, 0.6) is 0 Å². The van der Waals surface area contributed by atoms with Crippen LogP contribution in [0.25, 0.3) is 11.0 Å². The van der Waals surface area contributed by atoms with Crippen molar-refractivity contribution in [2.75, 3.05) is 0 Å². The number of fused-ring (bicyclic) bond motifs is 1. The van der Waals surface area contributed by atoms with Gasteiger partial charge < -0.3 is 8.98 Å². The van der Waals surface area contributed by atoms with E-state index in [0.29, 0.717) is 5.58 Å². The molecule has 0 aliphatic heterocycles. The molecule has 0 aliphatic rings. The van der Waals surface area contributed by atoms with Crippen LogP contribution in [0.15, 0.2) is 45.9 Å². The molecule has 3 rings (SSSR count). The van der Waals surface area contributed by atoms with E-state index in [4.69, 9.17) is 4.42 Å². The Morgan fingerprint density at radius 2 is 2.09 bits per heavy atom. The number of benzene rings is 1. The fraction of sp³-hybridized carbons (Fsp3) is 0.222. The summed E-state index contributed by atoms with van der Waals surface area (Å²) >= 11 is 0. The van der Waals surface area contributed by atoms with Crippen molar-refractivity contribution >= 4 is 23.1 Å². The monoisotopic (exact) mass is 309 g/mol.